The summed E-state index contributed by atoms with van der Waals surface area (Å²) in [7, 11) is 1.35. The van der Waals surface area contributed by atoms with Crippen molar-refractivity contribution in [2.45, 2.75) is 38.6 Å². The van der Waals surface area contributed by atoms with Crippen LogP contribution in [0, 0.1) is 5.92 Å². The average Bonchev–Trinajstić information content (AvgIpc) is 2.76. The van der Waals surface area contributed by atoms with Gasteiger partial charge in [0.15, 0.2) is 0 Å². The van der Waals surface area contributed by atoms with Crippen molar-refractivity contribution >= 4 is 11.9 Å². The lowest BCUT2D eigenvalue weighted by molar-refractivity contribution is -0.146. The lowest BCUT2D eigenvalue weighted by Gasteiger charge is -2.16. The van der Waals surface area contributed by atoms with Crippen molar-refractivity contribution < 1.29 is 19.1 Å². The average molecular weight is 243 g/mol. The molecule has 0 unspecified atom stereocenters. The van der Waals surface area contributed by atoms with E-state index in [0.717, 1.165) is 19.3 Å². The fraction of sp³-hybridized carbons (Fsp3) is 0.833. The van der Waals surface area contributed by atoms with Crippen molar-refractivity contribution in [2.75, 3.05) is 20.3 Å². The van der Waals surface area contributed by atoms with Gasteiger partial charge in [0.1, 0.15) is 5.92 Å². The van der Waals surface area contributed by atoms with E-state index in [2.05, 4.69) is 17.0 Å². The van der Waals surface area contributed by atoms with E-state index in [-0.39, 0.29) is 23.8 Å². The van der Waals surface area contributed by atoms with E-state index < -0.39 is 0 Å². The normalized spacial score (nSPS) is 23.4. The number of carbonyl (C=O) groups excluding carboxylic acids is 2. The van der Waals surface area contributed by atoms with E-state index in [1.807, 2.05) is 0 Å². The smallest absolute Gasteiger partial charge is 0.313 e. The molecule has 5 nitrogen and oxygen atoms in total. The second kappa shape index (κ2) is 7.27. The molecule has 1 amide bonds. The van der Waals surface area contributed by atoms with Crippen molar-refractivity contribution in [1.29, 1.82) is 0 Å². The highest BCUT2D eigenvalue weighted by atomic mass is 16.5. The Morgan fingerprint density at radius 3 is 2.76 bits per heavy atom. The second-order valence-corrected chi connectivity index (χ2v) is 4.30. The Morgan fingerprint density at radius 1 is 1.35 bits per heavy atom. The van der Waals surface area contributed by atoms with Crippen LogP contribution in [0.3, 0.4) is 0 Å². The predicted octanol–water partition coefficient (Wildman–Crippen LogP) is 0.871. The Morgan fingerprint density at radius 2 is 2.12 bits per heavy atom. The van der Waals surface area contributed by atoms with Gasteiger partial charge in [0.25, 0.3) is 0 Å². The van der Waals surface area contributed by atoms with Crippen LogP contribution in [0.5, 0.6) is 0 Å². The SMILES string of the molecule is CCCCCC(=O)N[C@@H]1COC[C@@H]1C(=O)OC. The molecule has 98 valence electrons. The molecule has 0 bridgehead atoms. The topological polar surface area (TPSA) is 64.6 Å². The van der Waals surface area contributed by atoms with Gasteiger partial charge in [-0.2, -0.15) is 0 Å². The van der Waals surface area contributed by atoms with Gasteiger partial charge in [-0.3, -0.25) is 9.59 Å². The molecule has 0 aromatic carbocycles. The molecule has 0 spiro atoms. The third-order valence-electron chi connectivity index (χ3n) is 2.94. The second-order valence-electron chi connectivity index (χ2n) is 4.30. The zero-order chi connectivity index (χ0) is 12.7. The minimum Gasteiger partial charge on any atom is -0.469 e. The first-order chi connectivity index (χ1) is 8.19. The van der Waals surface area contributed by atoms with Crippen LogP contribution >= 0.6 is 0 Å². The molecule has 1 aliphatic heterocycles. The zero-order valence-electron chi connectivity index (χ0n) is 10.5. The van der Waals surface area contributed by atoms with Crippen LogP contribution in [-0.2, 0) is 19.1 Å². The Hall–Kier alpha value is -1.10. The zero-order valence-corrected chi connectivity index (χ0v) is 10.5. The summed E-state index contributed by atoms with van der Waals surface area (Å²) in [5.41, 5.74) is 0. The van der Waals surface area contributed by atoms with Gasteiger partial charge in [-0.1, -0.05) is 19.8 Å². The maximum absolute atomic E-state index is 11.6. The van der Waals surface area contributed by atoms with Gasteiger partial charge < -0.3 is 14.8 Å². The lowest BCUT2D eigenvalue weighted by Crippen LogP contribution is -2.43. The highest BCUT2D eigenvalue weighted by Gasteiger charge is 2.35. The molecular formula is C12H21NO4. The van der Waals surface area contributed by atoms with E-state index in [0.29, 0.717) is 19.6 Å². The van der Waals surface area contributed by atoms with Gasteiger partial charge in [-0.05, 0) is 6.42 Å². The van der Waals surface area contributed by atoms with Gasteiger partial charge in [0, 0.05) is 6.42 Å². The molecule has 5 heteroatoms. The lowest BCUT2D eigenvalue weighted by atomic mass is 10.0. The summed E-state index contributed by atoms with van der Waals surface area (Å²) < 4.78 is 9.88. The van der Waals surface area contributed by atoms with Gasteiger partial charge in [-0.25, -0.2) is 0 Å². The first kappa shape index (κ1) is 14.0. The van der Waals surface area contributed by atoms with Crippen LogP contribution in [0.2, 0.25) is 0 Å². The molecule has 0 radical (unpaired) electrons. The molecule has 1 heterocycles. The van der Waals surface area contributed by atoms with Crippen LogP contribution in [0.25, 0.3) is 0 Å². The quantitative estimate of drug-likeness (QED) is 0.555. The first-order valence-corrected chi connectivity index (χ1v) is 6.14. The fourth-order valence-corrected chi connectivity index (χ4v) is 1.89. The molecule has 1 rings (SSSR count). The molecule has 0 aromatic rings. The molecule has 0 saturated carbocycles. The number of hydrogen-bond donors (Lipinski definition) is 1. The van der Waals surface area contributed by atoms with Crippen molar-refractivity contribution in [2.24, 2.45) is 5.92 Å². The van der Waals surface area contributed by atoms with Crippen LogP contribution in [0.15, 0.2) is 0 Å². The van der Waals surface area contributed by atoms with Crippen LogP contribution < -0.4 is 5.32 Å². The van der Waals surface area contributed by atoms with Crippen molar-refractivity contribution in [3.8, 4) is 0 Å². The van der Waals surface area contributed by atoms with E-state index in [1.54, 1.807) is 0 Å². The number of hydrogen-bond acceptors (Lipinski definition) is 4. The number of esters is 1. The van der Waals surface area contributed by atoms with Gasteiger partial charge >= 0.3 is 5.97 Å². The Kier molecular flexibility index (Phi) is 5.97. The molecule has 0 aliphatic carbocycles. The van der Waals surface area contributed by atoms with Gasteiger partial charge in [-0.15, -0.1) is 0 Å². The third kappa shape index (κ3) is 4.34. The number of nitrogens with one attached hydrogen (secondary N) is 1. The number of methoxy groups -OCH3 is 1. The number of unbranched alkanes of at least 4 members (excludes halogenated alkanes) is 2. The largest absolute Gasteiger partial charge is 0.469 e. The number of rotatable bonds is 6. The summed E-state index contributed by atoms with van der Waals surface area (Å²) in [6, 6.07) is -0.239. The van der Waals surface area contributed by atoms with Crippen molar-refractivity contribution in [1.82, 2.24) is 5.32 Å². The van der Waals surface area contributed by atoms with E-state index >= 15 is 0 Å². The molecular weight excluding hydrogens is 222 g/mol. The van der Waals surface area contributed by atoms with Crippen molar-refractivity contribution in [3.63, 3.8) is 0 Å². The molecule has 2 atom stereocenters. The number of carbonyl (C=O) groups is 2. The summed E-state index contributed by atoms with van der Waals surface area (Å²) in [5.74, 6) is -0.695. The monoisotopic (exact) mass is 243 g/mol. The van der Waals surface area contributed by atoms with E-state index in [1.165, 1.54) is 7.11 Å². The summed E-state index contributed by atoms with van der Waals surface area (Å²) >= 11 is 0. The predicted molar refractivity (Wildman–Crippen MR) is 62.4 cm³/mol. The summed E-state index contributed by atoms with van der Waals surface area (Å²) in [6.45, 7) is 2.81. The molecule has 0 aromatic heterocycles. The minimum atomic E-state index is -0.366. The summed E-state index contributed by atoms with van der Waals surface area (Å²) in [6.07, 6.45) is 3.54. The first-order valence-electron chi connectivity index (χ1n) is 6.14. The Bertz CT molecular complexity index is 267. The highest BCUT2D eigenvalue weighted by Crippen LogP contribution is 2.15. The Labute approximate surface area is 102 Å². The third-order valence-corrected chi connectivity index (χ3v) is 2.94. The fourth-order valence-electron chi connectivity index (χ4n) is 1.89. The number of amides is 1. The molecule has 1 saturated heterocycles. The van der Waals surface area contributed by atoms with E-state index in [4.69, 9.17) is 4.74 Å². The van der Waals surface area contributed by atoms with Crippen LogP contribution in [0.4, 0.5) is 0 Å². The number of ether oxygens (including phenoxy) is 2. The van der Waals surface area contributed by atoms with Crippen molar-refractivity contribution in [3.05, 3.63) is 0 Å². The van der Waals surface area contributed by atoms with Crippen LogP contribution in [-0.4, -0.2) is 38.2 Å². The molecule has 17 heavy (non-hydrogen) atoms. The maximum atomic E-state index is 11.6. The van der Waals surface area contributed by atoms with Crippen LogP contribution in [0.1, 0.15) is 32.6 Å². The van der Waals surface area contributed by atoms with Gasteiger partial charge in [0.2, 0.25) is 5.91 Å². The minimum absolute atomic E-state index is 0.0112. The molecule has 1 fully saturated rings. The van der Waals surface area contributed by atoms with Gasteiger partial charge in [0.05, 0.1) is 26.4 Å². The summed E-state index contributed by atoms with van der Waals surface area (Å²) in [5, 5.41) is 2.84. The summed E-state index contributed by atoms with van der Waals surface area (Å²) in [4.78, 5) is 23.0. The standard InChI is InChI=1S/C12H21NO4/c1-3-4-5-6-11(14)13-10-8-17-7-9(10)12(15)16-2/h9-10H,3-8H2,1-2H3,(H,13,14)/t9-,10+/m0/s1. The molecule has 1 N–H and O–H groups in total. The highest BCUT2D eigenvalue weighted by molar-refractivity contribution is 5.79. The van der Waals surface area contributed by atoms with E-state index in [9.17, 15) is 9.59 Å². The Balaban J connectivity index is 2.34. The maximum Gasteiger partial charge on any atom is 0.313 e. The molecule has 1 aliphatic rings.